The highest BCUT2D eigenvalue weighted by molar-refractivity contribution is 9.10. The van der Waals surface area contributed by atoms with Crippen LogP contribution in [0.2, 0.25) is 0 Å². The van der Waals surface area contributed by atoms with Gasteiger partial charge in [0.2, 0.25) is 0 Å². The van der Waals surface area contributed by atoms with Gasteiger partial charge in [0.05, 0.1) is 21.9 Å². The normalized spacial score (nSPS) is 14.9. The van der Waals surface area contributed by atoms with E-state index in [9.17, 15) is 4.79 Å². The number of likely N-dealkylation sites (tertiary alicyclic amines) is 1. The number of nitrogens with zero attached hydrogens (tertiary/aromatic N) is 5. The lowest BCUT2D eigenvalue weighted by atomic mass is 9.92. The molecule has 0 atom stereocenters. The minimum absolute atomic E-state index is 0.0127. The predicted octanol–water partition coefficient (Wildman–Crippen LogP) is 3.88. The van der Waals surface area contributed by atoms with Crippen molar-refractivity contribution in [2.45, 2.75) is 19.3 Å². The monoisotopic (exact) mass is 493 g/mol. The van der Waals surface area contributed by atoms with Gasteiger partial charge in [0.25, 0.3) is 0 Å². The SMILES string of the molecule is CNC(=O)N1CCC(Cc2nc3c(-c4cnc5ccccc5c4)cnn3c(N)c2Br)CC1. The van der Waals surface area contributed by atoms with Gasteiger partial charge in [-0.1, -0.05) is 18.2 Å². The molecule has 0 unspecified atom stereocenters. The Labute approximate surface area is 194 Å². The lowest BCUT2D eigenvalue weighted by molar-refractivity contribution is 0.172. The molecule has 1 saturated heterocycles. The molecule has 1 aromatic carbocycles. The molecule has 1 aliphatic heterocycles. The summed E-state index contributed by atoms with van der Waals surface area (Å²) in [6, 6.07) is 10.1. The van der Waals surface area contributed by atoms with E-state index in [1.807, 2.05) is 35.4 Å². The van der Waals surface area contributed by atoms with Crippen molar-refractivity contribution in [1.29, 1.82) is 0 Å². The number of para-hydroxylation sites is 1. The molecule has 2 amide bonds. The number of aromatic nitrogens is 4. The van der Waals surface area contributed by atoms with Crippen molar-refractivity contribution in [1.82, 2.24) is 29.8 Å². The van der Waals surface area contributed by atoms with Gasteiger partial charge >= 0.3 is 6.03 Å². The second kappa shape index (κ2) is 8.38. The lowest BCUT2D eigenvalue weighted by Gasteiger charge is -2.31. The number of nitrogen functional groups attached to an aromatic ring is 1. The third-order valence-electron chi connectivity index (χ3n) is 6.19. The smallest absolute Gasteiger partial charge is 0.317 e. The van der Waals surface area contributed by atoms with Crippen LogP contribution in [0.3, 0.4) is 0 Å². The van der Waals surface area contributed by atoms with E-state index in [1.54, 1.807) is 17.8 Å². The fraction of sp³-hybridized carbons (Fsp3) is 0.304. The Hall–Kier alpha value is -3.20. The Balaban J connectivity index is 1.47. The van der Waals surface area contributed by atoms with Crippen LogP contribution in [-0.2, 0) is 6.42 Å². The average molecular weight is 494 g/mol. The summed E-state index contributed by atoms with van der Waals surface area (Å²) in [7, 11) is 1.67. The summed E-state index contributed by atoms with van der Waals surface area (Å²) >= 11 is 3.64. The zero-order chi connectivity index (χ0) is 22.2. The summed E-state index contributed by atoms with van der Waals surface area (Å²) in [5.41, 5.74) is 10.9. The number of benzene rings is 1. The first-order valence-electron chi connectivity index (χ1n) is 10.7. The van der Waals surface area contributed by atoms with E-state index in [1.165, 1.54) is 0 Å². The number of fused-ring (bicyclic) bond motifs is 2. The standard InChI is InChI=1S/C23H24BrN7O/c1-26-23(32)30-8-6-14(7-9-30)10-19-20(24)21(25)31-22(29-19)17(13-28-31)16-11-15-4-2-3-5-18(15)27-12-16/h2-5,11-14H,6-10,25H2,1H3,(H,26,32). The lowest BCUT2D eigenvalue weighted by Crippen LogP contribution is -2.43. The fourth-order valence-corrected chi connectivity index (χ4v) is 4.79. The first-order valence-corrected chi connectivity index (χ1v) is 11.5. The molecule has 4 heterocycles. The van der Waals surface area contributed by atoms with Crippen molar-refractivity contribution in [3.8, 4) is 11.1 Å². The van der Waals surface area contributed by atoms with Crippen molar-refractivity contribution in [2.75, 3.05) is 25.9 Å². The maximum atomic E-state index is 11.9. The Morgan fingerprint density at radius 1 is 1.25 bits per heavy atom. The number of hydrogen-bond acceptors (Lipinski definition) is 5. The molecule has 0 aliphatic carbocycles. The number of nitrogens with one attached hydrogen (secondary N) is 1. The highest BCUT2D eigenvalue weighted by Gasteiger charge is 2.25. The van der Waals surface area contributed by atoms with Gasteiger partial charge < -0.3 is 16.0 Å². The van der Waals surface area contributed by atoms with Gasteiger partial charge in [-0.3, -0.25) is 4.98 Å². The van der Waals surface area contributed by atoms with Gasteiger partial charge in [-0.2, -0.15) is 9.61 Å². The van der Waals surface area contributed by atoms with Gasteiger partial charge in [0, 0.05) is 42.8 Å². The van der Waals surface area contributed by atoms with Gasteiger partial charge in [0.1, 0.15) is 5.82 Å². The number of amides is 2. The van der Waals surface area contributed by atoms with Gasteiger partial charge in [0.15, 0.2) is 5.65 Å². The van der Waals surface area contributed by atoms with Crippen molar-refractivity contribution in [2.24, 2.45) is 5.92 Å². The molecule has 1 fully saturated rings. The quantitative estimate of drug-likeness (QED) is 0.450. The van der Waals surface area contributed by atoms with Gasteiger partial charge in [-0.15, -0.1) is 0 Å². The molecule has 5 rings (SSSR count). The van der Waals surface area contributed by atoms with Gasteiger partial charge in [-0.05, 0) is 53.2 Å². The van der Waals surface area contributed by atoms with Crippen LogP contribution < -0.4 is 11.1 Å². The molecule has 3 N–H and O–H groups in total. The maximum Gasteiger partial charge on any atom is 0.317 e. The number of urea groups is 1. The van der Waals surface area contributed by atoms with E-state index in [-0.39, 0.29) is 6.03 Å². The largest absolute Gasteiger partial charge is 0.383 e. The van der Waals surface area contributed by atoms with Crippen LogP contribution in [0.5, 0.6) is 0 Å². The summed E-state index contributed by atoms with van der Waals surface area (Å²) in [5, 5.41) is 8.25. The van der Waals surface area contributed by atoms with E-state index in [0.29, 0.717) is 11.7 Å². The molecule has 9 heteroatoms. The highest BCUT2D eigenvalue weighted by Crippen LogP contribution is 2.33. The number of anilines is 1. The number of nitrogens with two attached hydrogens (primary N) is 1. The molecular formula is C23H24BrN7O. The molecule has 0 spiro atoms. The Bertz CT molecular complexity index is 1310. The molecule has 0 saturated carbocycles. The van der Waals surface area contributed by atoms with Gasteiger partial charge in [-0.25, -0.2) is 9.78 Å². The third kappa shape index (κ3) is 3.66. The van der Waals surface area contributed by atoms with E-state index >= 15 is 0 Å². The van der Waals surface area contributed by atoms with E-state index < -0.39 is 0 Å². The third-order valence-corrected chi connectivity index (χ3v) is 7.05. The number of hydrogen-bond donors (Lipinski definition) is 2. The highest BCUT2D eigenvalue weighted by atomic mass is 79.9. The van der Waals surface area contributed by atoms with E-state index in [2.05, 4.69) is 37.4 Å². The summed E-state index contributed by atoms with van der Waals surface area (Å²) in [5.74, 6) is 0.975. The molecule has 8 nitrogen and oxygen atoms in total. The Morgan fingerprint density at radius 2 is 2.03 bits per heavy atom. The number of piperidine rings is 1. The second-order valence-electron chi connectivity index (χ2n) is 8.16. The second-order valence-corrected chi connectivity index (χ2v) is 8.95. The van der Waals surface area contributed by atoms with Crippen LogP contribution in [0.1, 0.15) is 18.5 Å². The summed E-state index contributed by atoms with van der Waals surface area (Å²) < 4.78 is 2.46. The van der Waals surface area contributed by atoms with Crippen molar-refractivity contribution in [3.05, 3.63) is 52.9 Å². The maximum absolute atomic E-state index is 11.9. The van der Waals surface area contributed by atoms with E-state index in [0.717, 1.165) is 70.2 Å². The van der Waals surface area contributed by atoms with E-state index in [4.69, 9.17) is 10.7 Å². The topological polar surface area (TPSA) is 101 Å². The Morgan fingerprint density at radius 3 is 2.81 bits per heavy atom. The minimum atomic E-state index is -0.0127. The predicted molar refractivity (Wildman–Crippen MR) is 128 cm³/mol. The molecule has 0 radical (unpaired) electrons. The molecule has 3 aromatic heterocycles. The summed E-state index contributed by atoms with van der Waals surface area (Å²) in [4.78, 5) is 23.3. The summed E-state index contributed by atoms with van der Waals surface area (Å²) in [6.07, 6.45) is 6.32. The molecule has 164 valence electrons. The molecule has 1 aliphatic rings. The minimum Gasteiger partial charge on any atom is -0.383 e. The van der Waals surface area contributed by atoms with Crippen LogP contribution >= 0.6 is 15.9 Å². The number of rotatable bonds is 3. The number of pyridine rings is 1. The van der Waals surface area contributed by atoms with Crippen LogP contribution in [-0.4, -0.2) is 50.7 Å². The Kier molecular flexibility index (Phi) is 5.42. The zero-order valence-electron chi connectivity index (χ0n) is 17.8. The molecular weight excluding hydrogens is 470 g/mol. The van der Waals surface area contributed by atoms with Crippen LogP contribution in [0.15, 0.2) is 47.2 Å². The first-order chi connectivity index (χ1) is 15.5. The van der Waals surface area contributed by atoms with Crippen molar-refractivity contribution >= 4 is 44.3 Å². The van der Waals surface area contributed by atoms with Crippen molar-refractivity contribution < 1.29 is 4.79 Å². The number of carbonyl (C=O) groups is 1. The molecule has 32 heavy (non-hydrogen) atoms. The fourth-order valence-electron chi connectivity index (χ4n) is 4.37. The molecule has 4 aromatic rings. The molecule has 0 bridgehead atoms. The van der Waals surface area contributed by atoms with Crippen LogP contribution in [0, 0.1) is 5.92 Å². The average Bonchev–Trinajstić information content (AvgIpc) is 3.26. The zero-order valence-corrected chi connectivity index (χ0v) is 19.3. The first kappa shape index (κ1) is 20.7. The number of carbonyl (C=O) groups excluding carboxylic acids is 1. The van der Waals surface area contributed by atoms with Crippen LogP contribution in [0.4, 0.5) is 10.6 Å². The van der Waals surface area contributed by atoms with Crippen molar-refractivity contribution in [3.63, 3.8) is 0 Å². The summed E-state index contributed by atoms with van der Waals surface area (Å²) in [6.45, 7) is 1.50. The number of halogens is 1. The van der Waals surface area contributed by atoms with Crippen LogP contribution in [0.25, 0.3) is 27.7 Å².